The molecule has 0 spiro atoms. The standard InChI is InChI=1S/C20H44N/c1-6-9-10-11-12-13-14-15-16-17-18-19-20(7-2)21(4,5)8-3/h20H,6-19H2,1-5H3/q+1. The molecule has 0 saturated carbocycles. The van der Waals surface area contributed by atoms with Crippen molar-refractivity contribution in [3.63, 3.8) is 0 Å². The van der Waals surface area contributed by atoms with Gasteiger partial charge in [-0.15, -0.1) is 0 Å². The summed E-state index contributed by atoms with van der Waals surface area (Å²) in [5.74, 6) is 0. The SMILES string of the molecule is CCCCCCCCCCCCCC(CC)[N+](C)(C)CC. The molecule has 21 heavy (non-hydrogen) atoms. The molecule has 0 saturated heterocycles. The average molecular weight is 299 g/mol. The average Bonchev–Trinajstić information content (AvgIpc) is 2.48. The van der Waals surface area contributed by atoms with Crippen LogP contribution in [-0.2, 0) is 0 Å². The van der Waals surface area contributed by atoms with Crippen LogP contribution >= 0.6 is 0 Å². The molecule has 0 aromatic rings. The normalized spacial score (nSPS) is 13.6. The molecule has 0 fully saturated rings. The molecule has 0 heterocycles. The Morgan fingerprint density at radius 3 is 1.43 bits per heavy atom. The summed E-state index contributed by atoms with van der Waals surface area (Å²) in [7, 11) is 4.79. The maximum atomic E-state index is 2.40. The van der Waals surface area contributed by atoms with Crippen LogP contribution in [0.1, 0.15) is 104 Å². The van der Waals surface area contributed by atoms with E-state index in [-0.39, 0.29) is 0 Å². The Bertz CT molecular complexity index is 210. The Kier molecular flexibility index (Phi) is 13.6. The predicted molar refractivity (Wildman–Crippen MR) is 97.8 cm³/mol. The number of hydrogen-bond donors (Lipinski definition) is 0. The summed E-state index contributed by atoms with van der Waals surface area (Å²) in [6.07, 6.45) is 18.7. The summed E-state index contributed by atoms with van der Waals surface area (Å²) in [5, 5.41) is 0. The van der Waals surface area contributed by atoms with Crippen LogP contribution in [0.3, 0.4) is 0 Å². The molecule has 1 nitrogen and oxygen atoms in total. The first-order valence-electron chi connectivity index (χ1n) is 9.91. The van der Waals surface area contributed by atoms with Gasteiger partial charge in [0.25, 0.3) is 0 Å². The molecule has 0 aliphatic rings. The van der Waals surface area contributed by atoms with Gasteiger partial charge in [0.05, 0.1) is 26.7 Å². The fourth-order valence-electron chi connectivity index (χ4n) is 3.35. The molecule has 0 aliphatic heterocycles. The van der Waals surface area contributed by atoms with Crippen molar-refractivity contribution in [1.82, 2.24) is 0 Å². The summed E-state index contributed by atoms with van der Waals surface area (Å²) in [5.41, 5.74) is 0. The van der Waals surface area contributed by atoms with Crippen LogP contribution in [0.2, 0.25) is 0 Å². The lowest BCUT2D eigenvalue weighted by atomic mass is 10.0. The van der Waals surface area contributed by atoms with E-state index >= 15 is 0 Å². The molecule has 0 N–H and O–H groups in total. The highest BCUT2D eigenvalue weighted by atomic mass is 15.3. The van der Waals surface area contributed by atoms with Gasteiger partial charge in [0.2, 0.25) is 0 Å². The number of nitrogens with zero attached hydrogens (tertiary/aromatic N) is 1. The number of rotatable bonds is 15. The molecule has 0 bridgehead atoms. The highest BCUT2D eigenvalue weighted by molar-refractivity contribution is 4.57. The van der Waals surface area contributed by atoms with E-state index in [1.807, 2.05) is 0 Å². The Hall–Kier alpha value is -0.0400. The van der Waals surface area contributed by atoms with E-state index in [4.69, 9.17) is 0 Å². The van der Waals surface area contributed by atoms with Crippen LogP contribution in [0.5, 0.6) is 0 Å². The van der Waals surface area contributed by atoms with E-state index in [0.29, 0.717) is 0 Å². The summed E-state index contributed by atoms with van der Waals surface area (Å²) in [4.78, 5) is 0. The zero-order valence-electron chi connectivity index (χ0n) is 15.9. The van der Waals surface area contributed by atoms with Crippen molar-refractivity contribution in [3.8, 4) is 0 Å². The Balaban J connectivity index is 3.39. The van der Waals surface area contributed by atoms with Gasteiger partial charge in [-0.3, -0.25) is 0 Å². The molecule has 1 atom stereocenters. The van der Waals surface area contributed by atoms with Crippen LogP contribution in [0.25, 0.3) is 0 Å². The summed E-state index contributed by atoms with van der Waals surface area (Å²) in [6, 6.07) is 0.869. The van der Waals surface area contributed by atoms with Crippen LogP contribution < -0.4 is 0 Å². The van der Waals surface area contributed by atoms with Gasteiger partial charge in [0, 0.05) is 0 Å². The third-order valence-corrected chi connectivity index (χ3v) is 5.42. The Morgan fingerprint density at radius 1 is 0.619 bits per heavy atom. The highest BCUT2D eigenvalue weighted by Gasteiger charge is 2.23. The molecule has 1 unspecified atom stereocenters. The van der Waals surface area contributed by atoms with Gasteiger partial charge < -0.3 is 4.48 Å². The molecular formula is C20H44N+. The Labute approximate surface area is 136 Å². The minimum atomic E-state index is 0.869. The summed E-state index contributed by atoms with van der Waals surface area (Å²) in [6.45, 7) is 8.24. The van der Waals surface area contributed by atoms with E-state index in [1.165, 1.54) is 94.5 Å². The van der Waals surface area contributed by atoms with Crippen molar-refractivity contribution in [1.29, 1.82) is 0 Å². The number of hydrogen-bond acceptors (Lipinski definition) is 0. The Morgan fingerprint density at radius 2 is 1.05 bits per heavy atom. The summed E-state index contributed by atoms with van der Waals surface area (Å²) < 4.78 is 1.20. The van der Waals surface area contributed by atoms with Crippen molar-refractivity contribution < 1.29 is 4.48 Å². The van der Waals surface area contributed by atoms with Crippen molar-refractivity contribution >= 4 is 0 Å². The van der Waals surface area contributed by atoms with Crippen molar-refractivity contribution in [2.75, 3.05) is 20.6 Å². The molecule has 0 amide bonds. The smallest absolute Gasteiger partial charge is 0.0883 e. The van der Waals surface area contributed by atoms with Gasteiger partial charge in [-0.1, -0.05) is 78.1 Å². The van der Waals surface area contributed by atoms with Crippen molar-refractivity contribution in [2.24, 2.45) is 0 Å². The second kappa shape index (κ2) is 13.6. The van der Waals surface area contributed by atoms with Crippen LogP contribution in [0.15, 0.2) is 0 Å². The van der Waals surface area contributed by atoms with Gasteiger partial charge >= 0.3 is 0 Å². The van der Waals surface area contributed by atoms with E-state index in [1.54, 1.807) is 0 Å². The second-order valence-electron chi connectivity index (χ2n) is 7.48. The first-order chi connectivity index (χ1) is 10.1. The third kappa shape index (κ3) is 11.2. The lowest BCUT2D eigenvalue weighted by Gasteiger charge is -2.37. The van der Waals surface area contributed by atoms with Gasteiger partial charge in [0.1, 0.15) is 0 Å². The predicted octanol–water partition coefficient (Wildman–Crippen LogP) is 6.56. The molecule has 0 aromatic carbocycles. The van der Waals surface area contributed by atoms with Gasteiger partial charge in [0.15, 0.2) is 0 Å². The minimum Gasteiger partial charge on any atom is -0.326 e. The lowest BCUT2D eigenvalue weighted by molar-refractivity contribution is -0.914. The molecule has 0 radical (unpaired) electrons. The zero-order chi connectivity index (χ0) is 16.0. The van der Waals surface area contributed by atoms with E-state index in [2.05, 4.69) is 34.9 Å². The second-order valence-corrected chi connectivity index (χ2v) is 7.48. The van der Waals surface area contributed by atoms with Crippen LogP contribution in [-0.4, -0.2) is 31.2 Å². The molecular weight excluding hydrogens is 254 g/mol. The first kappa shape index (κ1) is 21.0. The lowest BCUT2D eigenvalue weighted by Crippen LogP contribution is -2.48. The van der Waals surface area contributed by atoms with E-state index in [0.717, 1.165) is 6.04 Å². The molecule has 0 aromatic heterocycles. The molecule has 128 valence electrons. The quantitative estimate of drug-likeness (QED) is 0.237. The van der Waals surface area contributed by atoms with Crippen molar-refractivity contribution in [3.05, 3.63) is 0 Å². The van der Waals surface area contributed by atoms with Crippen LogP contribution in [0, 0.1) is 0 Å². The molecule has 1 heteroatoms. The number of unbranched alkanes of at least 4 members (excludes halogenated alkanes) is 10. The van der Waals surface area contributed by atoms with E-state index < -0.39 is 0 Å². The fraction of sp³-hybridized carbons (Fsp3) is 1.00. The minimum absolute atomic E-state index is 0.869. The third-order valence-electron chi connectivity index (χ3n) is 5.42. The van der Waals surface area contributed by atoms with E-state index in [9.17, 15) is 0 Å². The fourth-order valence-corrected chi connectivity index (χ4v) is 3.35. The van der Waals surface area contributed by atoms with Gasteiger partial charge in [-0.25, -0.2) is 0 Å². The maximum absolute atomic E-state index is 2.40. The maximum Gasteiger partial charge on any atom is 0.0883 e. The molecule has 0 rings (SSSR count). The monoisotopic (exact) mass is 298 g/mol. The highest BCUT2D eigenvalue weighted by Crippen LogP contribution is 2.18. The molecule has 0 aliphatic carbocycles. The zero-order valence-corrected chi connectivity index (χ0v) is 15.9. The van der Waals surface area contributed by atoms with Crippen molar-refractivity contribution in [2.45, 2.75) is 110 Å². The van der Waals surface area contributed by atoms with Crippen LogP contribution in [0.4, 0.5) is 0 Å². The van der Waals surface area contributed by atoms with Gasteiger partial charge in [-0.2, -0.15) is 0 Å². The summed E-state index contributed by atoms with van der Waals surface area (Å²) >= 11 is 0. The van der Waals surface area contributed by atoms with Gasteiger partial charge in [-0.05, 0) is 26.2 Å². The largest absolute Gasteiger partial charge is 0.326 e. The number of quaternary nitrogens is 1. The first-order valence-corrected chi connectivity index (χ1v) is 9.91. The topological polar surface area (TPSA) is 0 Å².